The quantitative estimate of drug-likeness (QED) is 0.368. The molecule has 1 atom stereocenters. The van der Waals surface area contributed by atoms with Crippen molar-refractivity contribution in [3.63, 3.8) is 0 Å². The van der Waals surface area contributed by atoms with Crippen LogP contribution in [0.4, 0.5) is 0 Å². The first kappa shape index (κ1) is 23.9. The fourth-order valence-corrected chi connectivity index (χ4v) is 3.89. The van der Waals surface area contributed by atoms with Crippen molar-refractivity contribution in [3.8, 4) is 0 Å². The molecule has 2 amide bonds. The predicted octanol–water partition coefficient (Wildman–Crippen LogP) is 3.88. The summed E-state index contributed by atoms with van der Waals surface area (Å²) >= 11 is 3.93. The van der Waals surface area contributed by atoms with Gasteiger partial charge in [0.15, 0.2) is 0 Å². The van der Waals surface area contributed by atoms with Crippen molar-refractivity contribution in [3.05, 3.63) is 59.4 Å². The molecule has 0 aromatic rings. The second-order valence-corrected chi connectivity index (χ2v) is 8.51. The number of hydrogen-bond acceptors (Lipinski definition) is 5. The Morgan fingerprint density at radius 2 is 2.10 bits per heavy atom. The van der Waals surface area contributed by atoms with Crippen LogP contribution >= 0.6 is 12.6 Å². The Balaban J connectivity index is 2.02. The third-order valence-electron chi connectivity index (χ3n) is 5.55. The zero-order chi connectivity index (χ0) is 22.1. The molecular formula is C24H33N3O2S. The summed E-state index contributed by atoms with van der Waals surface area (Å²) in [5.74, 6) is -0.682. The van der Waals surface area contributed by atoms with Crippen LogP contribution in [0.5, 0.6) is 0 Å². The third kappa shape index (κ3) is 6.33. The van der Waals surface area contributed by atoms with E-state index in [4.69, 9.17) is 0 Å². The lowest BCUT2D eigenvalue weighted by Gasteiger charge is -2.40. The number of rotatable bonds is 7. The minimum absolute atomic E-state index is 0.0236. The Hall–Kier alpha value is -2.34. The second kappa shape index (κ2) is 11.2. The normalized spacial score (nSPS) is 22.1. The number of imide groups is 1. The lowest BCUT2D eigenvalue weighted by molar-refractivity contribution is -0.132. The molecule has 0 saturated carbocycles. The van der Waals surface area contributed by atoms with Crippen molar-refractivity contribution >= 4 is 30.7 Å². The summed E-state index contributed by atoms with van der Waals surface area (Å²) in [5, 5.41) is 2.45. The highest BCUT2D eigenvalue weighted by Gasteiger charge is 2.36. The van der Waals surface area contributed by atoms with Crippen LogP contribution in [-0.2, 0) is 9.59 Å². The number of carbonyl (C=O) groups is 2. The number of allylic oxidation sites excluding steroid dienone is 9. The van der Waals surface area contributed by atoms with E-state index >= 15 is 0 Å². The highest BCUT2D eigenvalue weighted by atomic mass is 32.1. The standard InChI is InChI=1S/C24H33N3O2S/c1-18(8-5-6-14-25-4)10-11-20-12-13-21(24(20,2)3)27-15-7-9-19(16-27)23(29)26-22(28)17-30/h5-6,8,10-14,19,30H,7,9,15-17H2,1-4H3,(H,26,28,29)/b6-5-,11-10+,18-8+,25-14?. The number of thiol groups is 1. The van der Waals surface area contributed by atoms with Gasteiger partial charge >= 0.3 is 0 Å². The first-order chi connectivity index (χ1) is 14.3. The van der Waals surface area contributed by atoms with Crippen molar-refractivity contribution < 1.29 is 9.59 Å². The van der Waals surface area contributed by atoms with Gasteiger partial charge in [-0.15, -0.1) is 0 Å². The van der Waals surface area contributed by atoms with Gasteiger partial charge in [0.1, 0.15) is 0 Å². The Bertz CT molecular complexity index is 831. The predicted molar refractivity (Wildman–Crippen MR) is 128 cm³/mol. The zero-order valence-electron chi connectivity index (χ0n) is 18.4. The topological polar surface area (TPSA) is 61.8 Å². The van der Waals surface area contributed by atoms with E-state index in [0.717, 1.165) is 25.0 Å². The average Bonchev–Trinajstić information content (AvgIpc) is 3.03. The average molecular weight is 428 g/mol. The van der Waals surface area contributed by atoms with Crippen LogP contribution in [-0.4, -0.2) is 48.8 Å². The van der Waals surface area contributed by atoms with Crippen molar-refractivity contribution in [2.75, 3.05) is 25.9 Å². The second-order valence-electron chi connectivity index (χ2n) is 8.19. The van der Waals surface area contributed by atoms with Gasteiger partial charge in [-0.1, -0.05) is 49.8 Å². The molecule has 6 heteroatoms. The van der Waals surface area contributed by atoms with Gasteiger partial charge in [-0.3, -0.25) is 19.9 Å². The van der Waals surface area contributed by atoms with E-state index in [0.29, 0.717) is 6.54 Å². The maximum absolute atomic E-state index is 12.4. The molecule has 0 radical (unpaired) electrons. The molecule has 1 saturated heterocycles. The lowest BCUT2D eigenvalue weighted by Crippen LogP contribution is -2.46. The molecule has 5 nitrogen and oxygen atoms in total. The molecule has 1 unspecified atom stereocenters. The Kier molecular flexibility index (Phi) is 8.90. The molecule has 1 heterocycles. The molecule has 0 spiro atoms. The smallest absolute Gasteiger partial charge is 0.236 e. The molecule has 0 aromatic heterocycles. The SMILES string of the molecule is CN=C\C=C/C=C(C)/C=C/C1=CC=C(N2CCCC(C(=O)NC(=O)CS)C2)C1(C)C. The van der Waals surface area contributed by atoms with E-state index in [-0.39, 0.29) is 28.9 Å². The largest absolute Gasteiger partial charge is 0.373 e. The van der Waals surface area contributed by atoms with Gasteiger partial charge < -0.3 is 4.90 Å². The highest BCUT2D eigenvalue weighted by molar-refractivity contribution is 7.81. The minimum atomic E-state index is -0.338. The Morgan fingerprint density at radius 3 is 2.80 bits per heavy atom. The summed E-state index contributed by atoms with van der Waals surface area (Å²) in [6, 6.07) is 0. The molecule has 2 rings (SSSR count). The van der Waals surface area contributed by atoms with Crippen molar-refractivity contribution in [2.45, 2.75) is 33.6 Å². The fraction of sp³-hybridized carbons (Fsp3) is 0.458. The van der Waals surface area contributed by atoms with Gasteiger partial charge in [-0.2, -0.15) is 12.6 Å². The first-order valence-electron chi connectivity index (χ1n) is 10.4. The van der Waals surface area contributed by atoms with Crippen LogP contribution in [0, 0.1) is 11.3 Å². The zero-order valence-corrected chi connectivity index (χ0v) is 19.3. The number of hydrogen-bond donors (Lipinski definition) is 2. The van der Waals surface area contributed by atoms with Crippen LogP contribution in [0.25, 0.3) is 0 Å². The fourth-order valence-electron chi connectivity index (χ4n) is 3.81. The van der Waals surface area contributed by atoms with E-state index in [1.54, 1.807) is 13.3 Å². The van der Waals surface area contributed by atoms with E-state index in [9.17, 15) is 9.59 Å². The van der Waals surface area contributed by atoms with Gasteiger partial charge in [0.2, 0.25) is 11.8 Å². The maximum atomic E-state index is 12.4. The molecule has 0 aromatic carbocycles. The maximum Gasteiger partial charge on any atom is 0.236 e. The van der Waals surface area contributed by atoms with Crippen molar-refractivity contribution in [1.82, 2.24) is 10.2 Å². The van der Waals surface area contributed by atoms with Crippen LogP contribution in [0.3, 0.4) is 0 Å². The Morgan fingerprint density at radius 1 is 1.33 bits per heavy atom. The van der Waals surface area contributed by atoms with Gasteiger partial charge in [0.25, 0.3) is 0 Å². The molecule has 30 heavy (non-hydrogen) atoms. The van der Waals surface area contributed by atoms with Crippen molar-refractivity contribution in [2.24, 2.45) is 16.3 Å². The number of piperidine rings is 1. The van der Waals surface area contributed by atoms with Crippen LogP contribution in [0.2, 0.25) is 0 Å². The highest BCUT2D eigenvalue weighted by Crippen LogP contribution is 2.43. The molecule has 1 fully saturated rings. The molecular weight excluding hydrogens is 394 g/mol. The molecule has 162 valence electrons. The molecule has 1 aliphatic carbocycles. The Labute approximate surface area is 185 Å². The van der Waals surface area contributed by atoms with Crippen molar-refractivity contribution in [1.29, 1.82) is 0 Å². The van der Waals surface area contributed by atoms with Gasteiger partial charge in [0, 0.05) is 37.5 Å². The molecule has 2 aliphatic rings. The molecule has 1 N–H and O–H groups in total. The van der Waals surface area contributed by atoms with Gasteiger partial charge in [0.05, 0.1) is 11.7 Å². The van der Waals surface area contributed by atoms with E-state index < -0.39 is 0 Å². The number of aliphatic imine (C=N–C) groups is 1. The summed E-state index contributed by atoms with van der Waals surface area (Å²) in [6.07, 6.45) is 18.0. The van der Waals surface area contributed by atoms with Crippen LogP contribution in [0.1, 0.15) is 33.6 Å². The lowest BCUT2D eigenvalue weighted by atomic mass is 9.82. The summed E-state index contributed by atoms with van der Waals surface area (Å²) < 4.78 is 0. The monoisotopic (exact) mass is 427 g/mol. The molecule has 1 aliphatic heterocycles. The first-order valence-corrected chi connectivity index (χ1v) is 11.0. The van der Waals surface area contributed by atoms with E-state index in [2.05, 4.69) is 79.0 Å². The summed E-state index contributed by atoms with van der Waals surface area (Å²) in [4.78, 5) is 30.1. The van der Waals surface area contributed by atoms with E-state index in [1.165, 1.54) is 11.3 Å². The number of likely N-dealkylation sites (tertiary alicyclic amines) is 1. The number of nitrogens with one attached hydrogen (secondary N) is 1. The minimum Gasteiger partial charge on any atom is -0.373 e. The van der Waals surface area contributed by atoms with Crippen LogP contribution in [0.15, 0.2) is 64.4 Å². The summed E-state index contributed by atoms with van der Waals surface area (Å²) in [6.45, 7) is 8.06. The number of carbonyl (C=O) groups excluding carboxylic acids is 2. The van der Waals surface area contributed by atoms with Gasteiger partial charge in [-0.25, -0.2) is 0 Å². The van der Waals surface area contributed by atoms with Gasteiger partial charge in [-0.05, 0) is 37.5 Å². The van der Waals surface area contributed by atoms with E-state index in [1.807, 2.05) is 12.2 Å². The number of amides is 2. The third-order valence-corrected chi connectivity index (χ3v) is 5.84. The molecule has 0 bridgehead atoms. The number of nitrogens with zero attached hydrogens (tertiary/aromatic N) is 2. The summed E-state index contributed by atoms with van der Waals surface area (Å²) in [7, 11) is 1.75. The van der Waals surface area contributed by atoms with Crippen LogP contribution < -0.4 is 5.32 Å². The summed E-state index contributed by atoms with van der Waals surface area (Å²) in [5.41, 5.74) is 3.48.